The van der Waals surface area contributed by atoms with Gasteiger partial charge in [-0.3, -0.25) is 0 Å². The van der Waals surface area contributed by atoms with Crippen LogP contribution in [-0.2, 0) is 6.54 Å². The van der Waals surface area contributed by atoms with Crippen molar-refractivity contribution in [1.29, 1.82) is 0 Å². The Kier molecular flexibility index (Phi) is 4.92. The molecule has 0 aliphatic carbocycles. The van der Waals surface area contributed by atoms with E-state index in [1.165, 1.54) is 25.3 Å². The number of nitrogens with one attached hydrogen (secondary N) is 1. The fraction of sp³-hybridized carbons (Fsp3) is 0.200. The van der Waals surface area contributed by atoms with E-state index in [0.717, 1.165) is 5.56 Å². The van der Waals surface area contributed by atoms with E-state index in [1.807, 2.05) is 0 Å². The number of benzene rings is 2. The van der Waals surface area contributed by atoms with Crippen LogP contribution in [0, 0.1) is 5.82 Å². The van der Waals surface area contributed by atoms with Gasteiger partial charge in [-0.2, -0.15) is 8.78 Å². The molecular formula is C15H14F3NO2. The largest absolute Gasteiger partial charge is 0.494 e. The summed E-state index contributed by atoms with van der Waals surface area (Å²) in [5.41, 5.74) is 1.57. The molecule has 0 bridgehead atoms. The molecule has 0 unspecified atom stereocenters. The van der Waals surface area contributed by atoms with Crippen LogP contribution in [0.5, 0.6) is 11.5 Å². The molecule has 0 spiro atoms. The molecule has 2 rings (SSSR count). The lowest BCUT2D eigenvalue weighted by Crippen LogP contribution is -2.03. The van der Waals surface area contributed by atoms with Crippen LogP contribution in [0.2, 0.25) is 0 Å². The first-order valence-corrected chi connectivity index (χ1v) is 6.19. The number of halogens is 3. The molecule has 0 heterocycles. The van der Waals surface area contributed by atoms with Crippen molar-refractivity contribution in [2.45, 2.75) is 13.2 Å². The number of hydrogen-bond donors (Lipinski definition) is 1. The summed E-state index contributed by atoms with van der Waals surface area (Å²) < 4.78 is 46.4. The topological polar surface area (TPSA) is 30.5 Å². The molecule has 2 aromatic carbocycles. The lowest BCUT2D eigenvalue weighted by Gasteiger charge is -2.10. The molecule has 6 heteroatoms. The minimum atomic E-state index is -2.83. The monoisotopic (exact) mass is 297 g/mol. The van der Waals surface area contributed by atoms with E-state index in [4.69, 9.17) is 4.74 Å². The fourth-order valence-electron chi connectivity index (χ4n) is 1.76. The highest BCUT2D eigenvalue weighted by molar-refractivity contribution is 5.49. The molecule has 0 saturated carbocycles. The SMILES string of the molecule is COc1cc(NCc2ccc(OC(F)F)cc2)ccc1F. The molecule has 0 amide bonds. The lowest BCUT2D eigenvalue weighted by molar-refractivity contribution is -0.0498. The van der Waals surface area contributed by atoms with Crippen LogP contribution < -0.4 is 14.8 Å². The van der Waals surface area contributed by atoms with Gasteiger partial charge in [0.2, 0.25) is 0 Å². The normalized spacial score (nSPS) is 10.5. The zero-order chi connectivity index (χ0) is 15.2. The predicted molar refractivity (Wildman–Crippen MR) is 73.4 cm³/mol. The van der Waals surface area contributed by atoms with E-state index in [9.17, 15) is 13.2 Å². The van der Waals surface area contributed by atoms with Crippen LogP contribution in [0.15, 0.2) is 42.5 Å². The highest BCUT2D eigenvalue weighted by Crippen LogP contribution is 2.22. The minimum Gasteiger partial charge on any atom is -0.494 e. The summed E-state index contributed by atoms with van der Waals surface area (Å²) >= 11 is 0. The van der Waals surface area contributed by atoms with E-state index >= 15 is 0 Å². The number of anilines is 1. The number of rotatable bonds is 6. The van der Waals surface area contributed by atoms with E-state index < -0.39 is 12.4 Å². The third-order valence-electron chi connectivity index (χ3n) is 2.80. The van der Waals surface area contributed by atoms with E-state index in [2.05, 4.69) is 10.1 Å². The maximum absolute atomic E-state index is 13.3. The third kappa shape index (κ3) is 4.30. The molecule has 21 heavy (non-hydrogen) atoms. The Hall–Kier alpha value is -2.37. The summed E-state index contributed by atoms with van der Waals surface area (Å²) in [6, 6.07) is 10.7. The zero-order valence-corrected chi connectivity index (χ0v) is 11.3. The van der Waals surface area contributed by atoms with Gasteiger partial charge >= 0.3 is 6.61 Å². The minimum absolute atomic E-state index is 0.109. The summed E-state index contributed by atoms with van der Waals surface area (Å²) in [4.78, 5) is 0. The van der Waals surface area contributed by atoms with Crippen molar-refractivity contribution >= 4 is 5.69 Å². The van der Waals surface area contributed by atoms with Gasteiger partial charge in [0.15, 0.2) is 11.6 Å². The molecule has 0 saturated heterocycles. The summed E-state index contributed by atoms with van der Waals surface area (Å²) in [5, 5.41) is 3.09. The molecule has 0 radical (unpaired) electrons. The lowest BCUT2D eigenvalue weighted by atomic mass is 10.2. The molecule has 0 aliphatic heterocycles. The number of alkyl halides is 2. The average molecular weight is 297 g/mol. The van der Waals surface area contributed by atoms with Crippen molar-refractivity contribution in [3.63, 3.8) is 0 Å². The molecule has 0 atom stereocenters. The Bertz CT molecular complexity index is 588. The Labute approximate surface area is 120 Å². The maximum Gasteiger partial charge on any atom is 0.387 e. The molecule has 3 nitrogen and oxygen atoms in total. The van der Waals surface area contributed by atoms with Crippen molar-refractivity contribution in [2.24, 2.45) is 0 Å². The highest BCUT2D eigenvalue weighted by Gasteiger charge is 2.05. The second-order valence-electron chi connectivity index (χ2n) is 4.23. The maximum atomic E-state index is 13.3. The fourth-order valence-corrected chi connectivity index (χ4v) is 1.76. The van der Waals surface area contributed by atoms with Gasteiger partial charge in [0, 0.05) is 18.3 Å². The Balaban J connectivity index is 1.96. The molecule has 0 aromatic heterocycles. The quantitative estimate of drug-likeness (QED) is 0.872. The molecular weight excluding hydrogens is 283 g/mol. The van der Waals surface area contributed by atoms with Crippen molar-refractivity contribution in [2.75, 3.05) is 12.4 Å². The Morgan fingerprint density at radius 2 is 1.81 bits per heavy atom. The summed E-state index contributed by atoms with van der Waals surface area (Å²) in [5.74, 6) is -0.172. The van der Waals surface area contributed by atoms with Gasteiger partial charge in [-0.25, -0.2) is 4.39 Å². The summed E-state index contributed by atoms with van der Waals surface area (Å²) in [6.07, 6.45) is 0. The smallest absolute Gasteiger partial charge is 0.387 e. The van der Waals surface area contributed by atoms with Gasteiger partial charge in [0.25, 0.3) is 0 Å². The van der Waals surface area contributed by atoms with Crippen LogP contribution in [0.3, 0.4) is 0 Å². The van der Waals surface area contributed by atoms with E-state index in [0.29, 0.717) is 12.2 Å². The molecule has 0 fully saturated rings. The van der Waals surface area contributed by atoms with Crippen LogP contribution in [0.1, 0.15) is 5.56 Å². The molecule has 2 aromatic rings. The molecule has 0 aliphatic rings. The van der Waals surface area contributed by atoms with E-state index in [-0.39, 0.29) is 11.5 Å². The number of ether oxygens (including phenoxy) is 2. The number of hydrogen-bond acceptors (Lipinski definition) is 3. The van der Waals surface area contributed by atoms with E-state index in [1.54, 1.807) is 24.3 Å². The number of methoxy groups -OCH3 is 1. The molecule has 1 N–H and O–H groups in total. The second-order valence-corrected chi connectivity index (χ2v) is 4.23. The summed E-state index contributed by atoms with van der Waals surface area (Å²) in [7, 11) is 1.39. The Morgan fingerprint density at radius 3 is 2.43 bits per heavy atom. The van der Waals surface area contributed by atoms with Crippen molar-refractivity contribution in [3.8, 4) is 11.5 Å². The van der Waals surface area contributed by atoms with Crippen LogP contribution in [0.4, 0.5) is 18.9 Å². The standard InChI is InChI=1S/C15H14F3NO2/c1-20-14-8-11(4-7-13(14)16)19-9-10-2-5-12(6-3-10)21-15(17)18/h2-8,15,19H,9H2,1H3. The second kappa shape index (κ2) is 6.88. The van der Waals surface area contributed by atoms with Gasteiger partial charge in [0.05, 0.1) is 7.11 Å². The highest BCUT2D eigenvalue weighted by atomic mass is 19.3. The molecule has 112 valence electrons. The zero-order valence-electron chi connectivity index (χ0n) is 11.3. The first kappa shape index (κ1) is 15.0. The van der Waals surface area contributed by atoms with Crippen molar-refractivity contribution < 1.29 is 22.6 Å². The Morgan fingerprint density at radius 1 is 1.10 bits per heavy atom. The van der Waals surface area contributed by atoms with Gasteiger partial charge in [0.1, 0.15) is 5.75 Å². The predicted octanol–water partition coefficient (Wildman–Crippen LogP) is 4.05. The average Bonchev–Trinajstić information content (AvgIpc) is 2.47. The summed E-state index contributed by atoms with van der Waals surface area (Å²) in [6.45, 7) is -2.37. The van der Waals surface area contributed by atoms with Crippen LogP contribution in [-0.4, -0.2) is 13.7 Å². The third-order valence-corrected chi connectivity index (χ3v) is 2.80. The van der Waals surface area contributed by atoms with Crippen LogP contribution in [0.25, 0.3) is 0 Å². The van der Waals surface area contributed by atoms with Gasteiger partial charge in [-0.05, 0) is 29.8 Å². The van der Waals surface area contributed by atoms with Crippen LogP contribution >= 0.6 is 0 Å². The van der Waals surface area contributed by atoms with Crippen molar-refractivity contribution in [1.82, 2.24) is 0 Å². The van der Waals surface area contributed by atoms with Gasteiger partial charge in [-0.1, -0.05) is 12.1 Å². The first-order chi connectivity index (χ1) is 10.1. The first-order valence-electron chi connectivity index (χ1n) is 6.19. The van der Waals surface area contributed by atoms with Gasteiger partial charge < -0.3 is 14.8 Å². The van der Waals surface area contributed by atoms with Gasteiger partial charge in [-0.15, -0.1) is 0 Å². The van der Waals surface area contributed by atoms with Crippen molar-refractivity contribution in [3.05, 3.63) is 53.8 Å².